The summed E-state index contributed by atoms with van der Waals surface area (Å²) in [5, 5.41) is 2.50. The highest BCUT2D eigenvalue weighted by molar-refractivity contribution is 14.1. The average Bonchev–Trinajstić information content (AvgIpc) is 2.52. The van der Waals surface area contributed by atoms with Crippen LogP contribution in [0.15, 0.2) is 35.2 Å². The fourth-order valence-corrected chi connectivity index (χ4v) is 3.32. The van der Waals surface area contributed by atoms with Gasteiger partial charge >= 0.3 is 0 Å². The van der Waals surface area contributed by atoms with E-state index in [0.717, 1.165) is 15.8 Å². The molecule has 3 rings (SSSR count). The van der Waals surface area contributed by atoms with Crippen molar-refractivity contribution in [2.24, 2.45) is 0 Å². The van der Waals surface area contributed by atoms with Gasteiger partial charge in [0, 0.05) is 19.4 Å². The molecule has 1 nitrogen and oxygen atoms in total. The third-order valence-electron chi connectivity index (χ3n) is 2.37. The van der Waals surface area contributed by atoms with Gasteiger partial charge in [0.05, 0.1) is 0 Å². The van der Waals surface area contributed by atoms with Gasteiger partial charge in [-0.3, -0.25) is 4.79 Å². The van der Waals surface area contributed by atoms with Gasteiger partial charge in [-0.1, -0.05) is 12.1 Å². The number of hydrogen-bond donors (Lipinski definition) is 0. The molecule has 0 fully saturated rings. The molecule has 0 unspecified atom stereocenters. The molecule has 0 atom stereocenters. The van der Waals surface area contributed by atoms with Gasteiger partial charge in [0.15, 0.2) is 0 Å². The molecule has 0 amide bonds. The van der Waals surface area contributed by atoms with Crippen molar-refractivity contribution >= 4 is 50.2 Å². The van der Waals surface area contributed by atoms with Crippen LogP contribution in [0.5, 0.6) is 0 Å². The molecule has 1 aliphatic rings. The molecule has 0 radical (unpaired) electrons. The molecule has 0 saturated carbocycles. The Morgan fingerprint density at radius 3 is 2.86 bits per heavy atom. The van der Waals surface area contributed by atoms with Crippen molar-refractivity contribution in [2.75, 3.05) is 0 Å². The van der Waals surface area contributed by atoms with Crippen molar-refractivity contribution in [3.8, 4) is 0 Å². The average molecular weight is 312 g/mol. The first-order valence-electron chi connectivity index (χ1n) is 4.21. The standard InChI is InChI=1S/C11H5IOS/c12-8-4-5-9-10-6(8)2-1-3-7(10)11(13)14-9/h1-5H. The van der Waals surface area contributed by atoms with Crippen LogP contribution in [0.2, 0.25) is 0 Å². The van der Waals surface area contributed by atoms with Crippen molar-refractivity contribution in [2.45, 2.75) is 4.90 Å². The van der Waals surface area contributed by atoms with Crippen LogP contribution in [0, 0.1) is 3.57 Å². The van der Waals surface area contributed by atoms with Crippen LogP contribution in [-0.2, 0) is 0 Å². The number of rotatable bonds is 0. The van der Waals surface area contributed by atoms with E-state index < -0.39 is 0 Å². The number of carbonyl (C=O) groups is 1. The molecule has 14 heavy (non-hydrogen) atoms. The molecular formula is C11H5IOS. The van der Waals surface area contributed by atoms with E-state index >= 15 is 0 Å². The van der Waals surface area contributed by atoms with Gasteiger partial charge in [-0.15, -0.1) is 0 Å². The number of halogens is 1. The Balaban J connectivity index is 2.58. The molecule has 68 valence electrons. The molecule has 0 N–H and O–H groups in total. The molecule has 2 aromatic rings. The lowest BCUT2D eigenvalue weighted by Gasteiger charge is -2.01. The first kappa shape index (κ1) is 8.73. The summed E-state index contributed by atoms with van der Waals surface area (Å²) in [6.45, 7) is 0. The highest BCUT2D eigenvalue weighted by Crippen LogP contribution is 2.41. The monoisotopic (exact) mass is 312 g/mol. The Kier molecular flexibility index (Phi) is 1.85. The molecule has 0 bridgehead atoms. The molecule has 2 aromatic carbocycles. The van der Waals surface area contributed by atoms with E-state index in [4.69, 9.17) is 0 Å². The van der Waals surface area contributed by atoms with Crippen LogP contribution in [0.1, 0.15) is 10.4 Å². The maximum absolute atomic E-state index is 11.6. The van der Waals surface area contributed by atoms with Crippen LogP contribution >= 0.6 is 34.4 Å². The van der Waals surface area contributed by atoms with Gasteiger partial charge in [-0.25, -0.2) is 0 Å². The van der Waals surface area contributed by atoms with E-state index in [0.29, 0.717) is 0 Å². The molecule has 3 heteroatoms. The van der Waals surface area contributed by atoms with Crippen molar-refractivity contribution in [1.82, 2.24) is 0 Å². The van der Waals surface area contributed by atoms with Gasteiger partial charge in [0.1, 0.15) is 0 Å². The summed E-state index contributed by atoms with van der Waals surface area (Å²) >= 11 is 3.64. The van der Waals surface area contributed by atoms with Crippen LogP contribution in [0.3, 0.4) is 0 Å². The Bertz CT molecular complexity index is 562. The summed E-state index contributed by atoms with van der Waals surface area (Å²) in [6, 6.07) is 10.0. The van der Waals surface area contributed by atoms with Gasteiger partial charge in [0.2, 0.25) is 5.12 Å². The molecule has 0 spiro atoms. The lowest BCUT2D eigenvalue weighted by Crippen LogP contribution is -1.86. The molecule has 0 saturated heterocycles. The first-order valence-corrected chi connectivity index (χ1v) is 6.10. The second kappa shape index (κ2) is 2.97. The predicted octanol–water partition coefficient (Wildman–Crippen LogP) is 3.69. The molecule has 0 aliphatic carbocycles. The second-order valence-corrected chi connectivity index (χ2v) is 5.34. The number of carbonyl (C=O) groups excluding carboxylic acids is 1. The lowest BCUT2D eigenvalue weighted by atomic mass is 10.1. The third kappa shape index (κ3) is 1.05. The van der Waals surface area contributed by atoms with Gasteiger partial charge < -0.3 is 0 Å². The van der Waals surface area contributed by atoms with Crippen molar-refractivity contribution in [1.29, 1.82) is 0 Å². The zero-order valence-corrected chi connectivity index (χ0v) is 10.1. The van der Waals surface area contributed by atoms with E-state index in [-0.39, 0.29) is 5.12 Å². The van der Waals surface area contributed by atoms with Crippen molar-refractivity contribution < 1.29 is 4.79 Å². The topological polar surface area (TPSA) is 17.1 Å². The van der Waals surface area contributed by atoms with E-state index in [1.807, 2.05) is 18.2 Å². The van der Waals surface area contributed by atoms with Gasteiger partial charge in [0.25, 0.3) is 0 Å². The van der Waals surface area contributed by atoms with E-state index in [9.17, 15) is 4.79 Å². The van der Waals surface area contributed by atoms with E-state index in [2.05, 4.69) is 34.7 Å². The van der Waals surface area contributed by atoms with Crippen LogP contribution in [0.4, 0.5) is 0 Å². The minimum atomic E-state index is 0.174. The number of benzene rings is 2. The summed E-state index contributed by atoms with van der Waals surface area (Å²) in [6.07, 6.45) is 0. The van der Waals surface area contributed by atoms with Gasteiger partial charge in [-0.05, 0) is 57.9 Å². The van der Waals surface area contributed by atoms with Crippen LogP contribution < -0.4 is 0 Å². The summed E-state index contributed by atoms with van der Waals surface area (Å²) in [4.78, 5) is 12.7. The summed E-state index contributed by atoms with van der Waals surface area (Å²) in [7, 11) is 0. The Hall–Kier alpha value is -0.550. The lowest BCUT2D eigenvalue weighted by molar-refractivity contribution is 0.109. The SMILES string of the molecule is O=C1Sc2ccc(I)c3cccc1c23. The van der Waals surface area contributed by atoms with E-state index in [1.165, 1.54) is 20.7 Å². The largest absolute Gasteiger partial charge is 0.281 e. The van der Waals surface area contributed by atoms with Crippen LogP contribution in [-0.4, -0.2) is 5.12 Å². The summed E-state index contributed by atoms with van der Waals surface area (Å²) < 4.78 is 1.21. The van der Waals surface area contributed by atoms with E-state index in [1.54, 1.807) is 0 Å². The molecular weight excluding hydrogens is 307 g/mol. The Labute approximate surface area is 99.0 Å². The maximum atomic E-state index is 11.6. The fourth-order valence-electron chi connectivity index (χ4n) is 1.75. The quantitative estimate of drug-likeness (QED) is 0.690. The number of hydrogen-bond acceptors (Lipinski definition) is 2. The number of thioether (sulfide) groups is 1. The van der Waals surface area contributed by atoms with Crippen LogP contribution in [0.25, 0.3) is 10.8 Å². The molecule has 0 aromatic heterocycles. The minimum absolute atomic E-state index is 0.174. The third-order valence-corrected chi connectivity index (χ3v) is 4.28. The molecule has 1 aliphatic heterocycles. The van der Waals surface area contributed by atoms with Crippen molar-refractivity contribution in [3.05, 3.63) is 39.5 Å². The summed E-state index contributed by atoms with van der Waals surface area (Å²) in [5.74, 6) is 0. The summed E-state index contributed by atoms with van der Waals surface area (Å²) in [5.41, 5.74) is 0.862. The second-order valence-electron chi connectivity index (χ2n) is 3.16. The minimum Gasteiger partial charge on any atom is -0.281 e. The highest BCUT2D eigenvalue weighted by atomic mass is 127. The molecule has 1 heterocycles. The Morgan fingerprint density at radius 2 is 2.00 bits per heavy atom. The van der Waals surface area contributed by atoms with Gasteiger partial charge in [-0.2, -0.15) is 0 Å². The zero-order chi connectivity index (χ0) is 9.71. The normalized spacial score (nSPS) is 13.9. The first-order chi connectivity index (χ1) is 6.77. The highest BCUT2D eigenvalue weighted by Gasteiger charge is 2.22. The Morgan fingerprint density at radius 1 is 1.14 bits per heavy atom. The zero-order valence-electron chi connectivity index (χ0n) is 7.08. The fraction of sp³-hybridized carbons (Fsp3) is 0. The smallest absolute Gasteiger partial charge is 0.224 e. The van der Waals surface area contributed by atoms with Crippen molar-refractivity contribution in [3.63, 3.8) is 0 Å². The maximum Gasteiger partial charge on any atom is 0.224 e. The predicted molar refractivity (Wildman–Crippen MR) is 66.9 cm³/mol.